The van der Waals surface area contributed by atoms with Gasteiger partial charge in [0.2, 0.25) is 11.9 Å². The predicted molar refractivity (Wildman–Crippen MR) is 114 cm³/mol. The van der Waals surface area contributed by atoms with E-state index in [4.69, 9.17) is 5.73 Å². The Morgan fingerprint density at radius 1 is 0.828 bits per heavy atom. The molecule has 29 heavy (non-hydrogen) atoms. The molecule has 1 amide bonds. The Morgan fingerprint density at radius 3 is 2.21 bits per heavy atom. The average Bonchev–Trinajstić information content (AvgIpc) is 2.76. The van der Waals surface area contributed by atoms with Crippen molar-refractivity contribution in [3.8, 4) is 11.3 Å². The van der Waals surface area contributed by atoms with Crippen molar-refractivity contribution < 1.29 is 4.79 Å². The number of pyridine rings is 1. The lowest BCUT2D eigenvalue weighted by atomic mass is 10.1. The summed E-state index contributed by atoms with van der Waals surface area (Å²) in [6, 6.07) is 20.9. The Labute approximate surface area is 172 Å². The molecular formula is C22H17N5OS. The molecule has 0 radical (unpaired) electrons. The number of rotatable bonds is 6. The van der Waals surface area contributed by atoms with Crippen molar-refractivity contribution >= 4 is 29.3 Å². The summed E-state index contributed by atoms with van der Waals surface area (Å²) in [5.74, 6) is 0.0184. The van der Waals surface area contributed by atoms with Crippen molar-refractivity contribution in [2.75, 3.05) is 5.32 Å². The summed E-state index contributed by atoms with van der Waals surface area (Å²) in [5, 5.41) is 3.14. The molecule has 0 aliphatic rings. The van der Waals surface area contributed by atoms with Gasteiger partial charge in [0.25, 0.3) is 0 Å². The first-order valence-electron chi connectivity index (χ1n) is 8.86. The molecule has 0 unspecified atom stereocenters. The van der Waals surface area contributed by atoms with Crippen molar-refractivity contribution in [3.05, 3.63) is 90.9 Å². The third-order valence-electron chi connectivity index (χ3n) is 4.12. The van der Waals surface area contributed by atoms with Gasteiger partial charge in [-0.05, 0) is 54.6 Å². The van der Waals surface area contributed by atoms with Gasteiger partial charge < -0.3 is 11.1 Å². The third kappa shape index (κ3) is 4.77. The smallest absolute Gasteiger partial charge is 0.248 e. The molecule has 0 bridgehead atoms. The number of carbonyl (C=O) groups is 1. The molecule has 0 aliphatic carbocycles. The fourth-order valence-corrected chi connectivity index (χ4v) is 3.46. The maximum Gasteiger partial charge on any atom is 0.248 e. The summed E-state index contributed by atoms with van der Waals surface area (Å²) in [4.78, 5) is 26.3. The van der Waals surface area contributed by atoms with E-state index in [1.165, 1.54) is 0 Å². The average molecular weight is 399 g/mol. The van der Waals surface area contributed by atoms with Crippen LogP contribution in [-0.2, 0) is 0 Å². The maximum atomic E-state index is 11.2. The predicted octanol–water partition coefficient (Wildman–Crippen LogP) is 4.53. The number of nitrogens with two attached hydrogens (primary N) is 1. The molecular weight excluding hydrogens is 382 g/mol. The fourth-order valence-electron chi connectivity index (χ4n) is 2.66. The molecule has 6 nitrogen and oxygen atoms in total. The molecule has 7 heteroatoms. The van der Waals surface area contributed by atoms with Gasteiger partial charge in [0, 0.05) is 45.2 Å². The standard InChI is InChI=1S/C22H17N5OS/c23-21(28)16-1-5-17(6-2-16)26-22-25-14-11-20(27-22)15-3-7-18(8-4-15)29-19-9-12-24-13-10-19/h1-14H,(H2,23,28)(H,25,26,27). The molecule has 142 valence electrons. The van der Waals surface area contributed by atoms with Crippen molar-refractivity contribution in [2.45, 2.75) is 9.79 Å². The van der Waals surface area contributed by atoms with Crippen LogP contribution < -0.4 is 11.1 Å². The van der Waals surface area contributed by atoms with E-state index in [1.54, 1.807) is 54.6 Å². The van der Waals surface area contributed by atoms with Crippen LogP contribution >= 0.6 is 11.8 Å². The highest BCUT2D eigenvalue weighted by atomic mass is 32.2. The van der Waals surface area contributed by atoms with Gasteiger partial charge >= 0.3 is 0 Å². The normalized spacial score (nSPS) is 10.5. The lowest BCUT2D eigenvalue weighted by Gasteiger charge is -2.08. The van der Waals surface area contributed by atoms with E-state index in [2.05, 4.69) is 32.4 Å². The highest BCUT2D eigenvalue weighted by molar-refractivity contribution is 7.99. The third-order valence-corrected chi connectivity index (χ3v) is 5.13. The van der Waals surface area contributed by atoms with E-state index in [-0.39, 0.29) is 0 Å². The molecule has 0 fully saturated rings. The Bertz CT molecular complexity index is 1120. The fraction of sp³-hybridized carbons (Fsp3) is 0. The minimum atomic E-state index is -0.458. The van der Waals surface area contributed by atoms with Crippen LogP contribution in [-0.4, -0.2) is 20.9 Å². The summed E-state index contributed by atoms with van der Waals surface area (Å²) in [5.41, 5.74) is 8.31. The Balaban J connectivity index is 1.48. The van der Waals surface area contributed by atoms with Crippen LogP contribution in [0.2, 0.25) is 0 Å². The molecule has 0 aliphatic heterocycles. The minimum Gasteiger partial charge on any atom is -0.366 e. The monoisotopic (exact) mass is 399 g/mol. The van der Waals surface area contributed by atoms with Crippen LogP contribution in [0, 0.1) is 0 Å². The maximum absolute atomic E-state index is 11.2. The first-order valence-corrected chi connectivity index (χ1v) is 9.67. The van der Waals surface area contributed by atoms with Gasteiger partial charge in [-0.15, -0.1) is 0 Å². The second kappa shape index (κ2) is 8.53. The van der Waals surface area contributed by atoms with Gasteiger partial charge in [0.15, 0.2) is 0 Å². The topological polar surface area (TPSA) is 93.8 Å². The summed E-state index contributed by atoms with van der Waals surface area (Å²) in [7, 11) is 0. The van der Waals surface area contributed by atoms with E-state index >= 15 is 0 Å². The molecule has 0 atom stereocenters. The molecule has 0 spiro atoms. The molecule has 4 aromatic rings. The van der Waals surface area contributed by atoms with E-state index in [1.807, 2.05) is 30.3 Å². The van der Waals surface area contributed by atoms with Gasteiger partial charge in [-0.3, -0.25) is 9.78 Å². The zero-order valence-electron chi connectivity index (χ0n) is 15.3. The zero-order valence-corrected chi connectivity index (χ0v) is 16.1. The molecule has 0 saturated heterocycles. The largest absolute Gasteiger partial charge is 0.366 e. The van der Waals surface area contributed by atoms with Gasteiger partial charge in [-0.2, -0.15) is 0 Å². The second-order valence-electron chi connectivity index (χ2n) is 6.14. The molecule has 0 saturated carbocycles. The zero-order chi connectivity index (χ0) is 20.1. The molecule has 3 N–H and O–H groups in total. The van der Waals surface area contributed by atoms with Crippen LogP contribution in [0.25, 0.3) is 11.3 Å². The van der Waals surface area contributed by atoms with Gasteiger partial charge in [0.05, 0.1) is 5.69 Å². The van der Waals surface area contributed by atoms with Gasteiger partial charge in [-0.1, -0.05) is 23.9 Å². The number of nitrogens with zero attached hydrogens (tertiary/aromatic N) is 3. The number of benzene rings is 2. The van der Waals surface area contributed by atoms with Crippen molar-refractivity contribution in [1.82, 2.24) is 15.0 Å². The van der Waals surface area contributed by atoms with Crippen LogP contribution in [0.15, 0.2) is 95.1 Å². The quantitative estimate of drug-likeness (QED) is 0.495. The molecule has 2 aromatic heterocycles. The number of hydrogen-bond donors (Lipinski definition) is 2. The first-order chi connectivity index (χ1) is 14.2. The number of nitrogens with one attached hydrogen (secondary N) is 1. The SMILES string of the molecule is NC(=O)c1ccc(Nc2nccc(-c3ccc(Sc4ccncc4)cc3)n2)cc1. The van der Waals surface area contributed by atoms with E-state index in [0.717, 1.165) is 26.7 Å². The van der Waals surface area contributed by atoms with Crippen molar-refractivity contribution in [3.63, 3.8) is 0 Å². The second-order valence-corrected chi connectivity index (χ2v) is 7.29. The summed E-state index contributed by atoms with van der Waals surface area (Å²) >= 11 is 1.68. The van der Waals surface area contributed by atoms with Crippen LogP contribution in [0.5, 0.6) is 0 Å². The summed E-state index contributed by atoms with van der Waals surface area (Å²) in [6.45, 7) is 0. The van der Waals surface area contributed by atoms with E-state index in [0.29, 0.717) is 11.5 Å². The number of hydrogen-bond acceptors (Lipinski definition) is 6. The number of carbonyl (C=O) groups excluding carboxylic acids is 1. The Kier molecular flexibility index (Phi) is 5.49. The summed E-state index contributed by atoms with van der Waals surface area (Å²) in [6.07, 6.45) is 5.28. The molecule has 4 rings (SSSR count). The lowest BCUT2D eigenvalue weighted by molar-refractivity contribution is 0.100. The Hall–Kier alpha value is -3.71. The first kappa shape index (κ1) is 18.6. The van der Waals surface area contributed by atoms with Gasteiger partial charge in [0.1, 0.15) is 0 Å². The van der Waals surface area contributed by atoms with Crippen LogP contribution in [0.1, 0.15) is 10.4 Å². The van der Waals surface area contributed by atoms with Crippen molar-refractivity contribution in [1.29, 1.82) is 0 Å². The van der Waals surface area contributed by atoms with Crippen molar-refractivity contribution in [2.24, 2.45) is 5.73 Å². The Morgan fingerprint density at radius 2 is 1.52 bits per heavy atom. The van der Waals surface area contributed by atoms with E-state index < -0.39 is 5.91 Å². The van der Waals surface area contributed by atoms with Gasteiger partial charge in [-0.25, -0.2) is 9.97 Å². The molecule has 2 heterocycles. The molecule has 2 aromatic carbocycles. The van der Waals surface area contributed by atoms with Crippen LogP contribution in [0.3, 0.4) is 0 Å². The summed E-state index contributed by atoms with van der Waals surface area (Å²) < 4.78 is 0. The minimum absolute atomic E-state index is 0.454. The van der Waals surface area contributed by atoms with Crippen LogP contribution in [0.4, 0.5) is 11.6 Å². The number of primary amides is 1. The number of anilines is 2. The number of amides is 1. The lowest BCUT2D eigenvalue weighted by Crippen LogP contribution is -2.10. The highest BCUT2D eigenvalue weighted by Gasteiger charge is 2.05. The number of aromatic nitrogens is 3. The highest BCUT2D eigenvalue weighted by Crippen LogP contribution is 2.29. The van der Waals surface area contributed by atoms with E-state index in [9.17, 15) is 4.79 Å².